The van der Waals surface area contributed by atoms with E-state index in [2.05, 4.69) is 25.6 Å². The molecule has 0 atom stereocenters. The number of hydrogen-bond donors (Lipinski definition) is 2. The highest BCUT2D eigenvalue weighted by Crippen LogP contribution is 2.25. The second kappa shape index (κ2) is 8.57. The van der Waals surface area contributed by atoms with E-state index >= 15 is 0 Å². The van der Waals surface area contributed by atoms with E-state index in [4.69, 9.17) is 4.74 Å². The first-order valence-electron chi connectivity index (χ1n) is 8.25. The van der Waals surface area contributed by atoms with Crippen LogP contribution in [0.4, 0.5) is 11.6 Å². The van der Waals surface area contributed by atoms with Gasteiger partial charge < -0.3 is 15.4 Å². The van der Waals surface area contributed by atoms with Crippen molar-refractivity contribution < 1.29 is 9.53 Å². The van der Waals surface area contributed by atoms with Gasteiger partial charge in [-0.3, -0.25) is 9.78 Å². The Balaban J connectivity index is 1.62. The van der Waals surface area contributed by atoms with Crippen LogP contribution in [-0.4, -0.2) is 27.5 Å². The first kappa shape index (κ1) is 17.3. The molecule has 2 N–H and O–H groups in total. The molecule has 0 aliphatic carbocycles. The van der Waals surface area contributed by atoms with E-state index in [1.54, 1.807) is 6.20 Å². The van der Waals surface area contributed by atoms with Crippen molar-refractivity contribution in [3.63, 3.8) is 0 Å². The van der Waals surface area contributed by atoms with E-state index < -0.39 is 0 Å². The van der Waals surface area contributed by atoms with E-state index in [-0.39, 0.29) is 5.91 Å². The third-order valence-corrected chi connectivity index (χ3v) is 3.50. The molecule has 3 aromatic rings. The summed E-state index contributed by atoms with van der Waals surface area (Å²) in [6.45, 7) is 2.84. The number of anilines is 2. The third-order valence-electron chi connectivity index (χ3n) is 3.50. The van der Waals surface area contributed by atoms with Crippen molar-refractivity contribution in [3.05, 3.63) is 72.3 Å². The van der Waals surface area contributed by atoms with Crippen molar-refractivity contribution in [1.29, 1.82) is 0 Å². The number of benzene rings is 1. The van der Waals surface area contributed by atoms with Crippen molar-refractivity contribution >= 4 is 17.5 Å². The summed E-state index contributed by atoms with van der Waals surface area (Å²) < 4.78 is 5.56. The quantitative estimate of drug-likeness (QED) is 0.682. The summed E-state index contributed by atoms with van der Waals surface area (Å²) in [4.78, 5) is 24.7. The molecule has 0 bridgehead atoms. The van der Waals surface area contributed by atoms with Crippen LogP contribution in [0.5, 0.6) is 5.75 Å². The predicted octanol–water partition coefficient (Wildman–Crippen LogP) is 2.94. The molecule has 0 fully saturated rings. The van der Waals surface area contributed by atoms with Gasteiger partial charge >= 0.3 is 0 Å². The molecule has 3 rings (SSSR count). The number of nitrogens with zero attached hydrogens (tertiary/aromatic N) is 3. The highest BCUT2D eigenvalue weighted by atomic mass is 16.5. The minimum absolute atomic E-state index is 0.253. The van der Waals surface area contributed by atoms with E-state index in [0.717, 1.165) is 17.1 Å². The molecule has 0 aliphatic heterocycles. The van der Waals surface area contributed by atoms with E-state index in [1.807, 2.05) is 49.4 Å². The Hall–Kier alpha value is -3.48. The van der Waals surface area contributed by atoms with Crippen LogP contribution in [0.1, 0.15) is 23.0 Å². The smallest absolute Gasteiger partial charge is 0.254 e. The normalized spacial score (nSPS) is 10.2. The summed E-state index contributed by atoms with van der Waals surface area (Å²) in [6.07, 6.45) is 4.64. The number of pyridine rings is 1. The van der Waals surface area contributed by atoms with Crippen molar-refractivity contribution in [2.45, 2.75) is 13.5 Å². The zero-order chi connectivity index (χ0) is 18.2. The summed E-state index contributed by atoms with van der Waals surface area (Å²) in [5.74, 6) is 0.853. The van der Waals surface area contributed by atoms with Gasteiger partial charge in [-0.2, -0.15) is 0 Å². The van der Waals surface area contributed by atoms with Gasteiger partial charge in [-0.05, 0) is 31.2 Å². The van der Waals surface area contributed by atoms with Crippen LogP contribution in [0.2, 0.25) is 0 Å². The molecular formula is C19H19N5O2. The molecule has 132 valence electrons. The molecule has 2 heterocycles. The Morgan fingerprint density at radius 3 is 2.54 bits per heavy atom. The SMILES string of the molecule is CCOc1ccccc1Nc1ncc(C(=O)NCc2ccccn2)cn1. The monoisotopic (exact) mass is 349 g/mol. The maximum atomic E-state index is 12.2. The number of nitrogens with one attached hydrogen (secondary N) is 2. The Morgan fingerprint density at radius 1 is 1.04 bits per heavy atom. The fourth-order valence-corrected chi connectivity index (χ4v) is 2.26. The summed E-state index contributed by atoms with van der Waals surface area (Å²) in [5, 5.41) is 5.88. The average molecular weight is 349 g/mol. The summed E-state index contributed by atoms with van der Waals surface area (Å²) in [5.41, 5.74) is 1.93. The third kappa shape index (κ3) is 4.54. The van der Waals surface area contributed by atoms with Gasteiger partial charge in [-0.15, -0.1) is 0 Å². The maximum Gasteiger partial charge on any atom is 0.254 e. The molecule has 7 heteroatoms. The van der Waals surface area contributed by atoms with Gasteiger partial charge in [0.2, 0.25) is 5.95 Å². The number of amides is 1. The summed E-state index contributed by atoms with van der Waals surface area (Å²) in [7, 11) is 0. The number of carbonyl (C=O) groups excluding carboxylic acids is 1. The highest BCUT2D eigenvalue weighted by Gasteiger charge is 2.09. The van der Waals surface area contributed by atoms with Gasteiger partial charge in [0.1, 0.15) is 5.75 Å². The van der Waals surface area contributed by atoms with Crippen LogP contribution < -0.4 is 15.4 Å². The van der Waals surface area contributed by atoms with Crippen molar-refractivity contribution in [2.24, 2.45) is 0 Å². The molecule has 7 nitrogen and oxygen atoms in total. The predicted molar refractivity (Wildman–Crippen MR) is 98.3 cm³/mol. The second-order valence-corrected chi connectivity index (χ2v) is 5.35. The Kier molecular flexibility index (Phi) is 5.72. The molecule has 1 aromatic carbocycles. The molecule has 0 unspecified atom stereocenters. The lowest BCUT2D eigenvalue weighted by atomic mass is 10.3. The van der Waals surface area contributed by atoms with Crippen molar-refractivity contribution in [2.75, 3.05) is 11.9 Å². The first-order chi connectivity index (χ1) is 12.8. The molecule has 1 amide bonds. The fraction of sp³-hybridized carbons (Fsp3) is 0.158. The average Bonchev–Trinajstić information content (AvgIpc) is 2.69. The molecule has 0 saturated carbocycles. The van der Waals surface area contributed by atoms with Gasteiger partial charge in [-0.25, -0.2) is 9.97 Å². The zero-order valence-electron chi connectivity index (χ0n) is 14.3. The molecular weight excluding hydrogens is 330 g/mol. The summed E-state index contributed by atoms with van der Waals surface area (Å²) >= 11 is 0. The largest absolute Gasteiger partial charge is 0.492 e. The highest BCUT2D eigenvalue weighted by molar-refractivity contribution is 5.93. The second-order valence-electron chi connectivity index (χ2n) is 5.35. The fourth-order valence-electron chi connectivity index (χ4n) is 2.26. The van der Waals surface area contributed by atoms with Crippen LogP contribution in [0, 0.1) is 0 Å². The lowest BCUT2D eigenvalue weighted by Gasteiger charge is -2.11. The van der Waals surface area contributed by atoms with E-state index in [0.29, 0.717) is 24.7 Å². The minimum atomic E-state index is -0.253. The summed E-state index contributed by atoms with van der Waals surface area (Å²) in [6, 6.07) is 13.1. The topological polar surface area (TPSA) is 89.0 Å². The van der Waals surface area contributed by atoms with Crippen LogP contribution in [0.25, 0.3) is 0 Å². The number of hydrogen-bond acceptors (Lipinski definition) is 6. The molecule has 26 heavy (non-hydrogen) atoms. The Morgan fingerprint density at radius 2 is 1.81 bits per heavy atom. The number of aromatic nitrogens is 3. The van der Waals surface area contributed by atoms with Gasteiger partial charge in [0.05, 0.1) is 30.1 Å². The van der Waals surface area contributed by atoms with E-state index in [9.17, 15) is 4.79 Å². The van der Waals surface area contributed by atoms with Gasteiger partial charge in [0.25, 0.3) is 5.91 Å². The number of ether oxygens (including phenoxy) is 1. The lowest BCUT2D eigenvalue weighted by Crippen LogP contribution is -2.23. The van der Waals surface area contributed by atoms with Crippen molar-refractivity contribution in [1.82, 2.24) is 20.3 Å². The first-order valence-corrected chi connectivity index (χ1v) is 8.25. The Bertz CT molecular complexity index is 853. The number of carbonyl (C=O) groups is 1. The minimum Gasteiger partial charge on any atom is -0.492 e. The van der Waals surface area contributed by atoms with Gasteiger partial charge in [0.15, 0.2) is 0 Å². The van der Waals surface area contributed by atoms with Crippen molar-refractivity contribution in [3.8, 4) is 5.75 Å². The standard InChI is InChI=1S/C19H19N5O2/c1-2-26-17-9-4-3-8-16(17)24-19-22-11-14(12-23-19)18(25)21-13-15-7-5-6-10-20-15/h3-12H,2,13H2,1H3,(H,21,25)(H,22,23,24). The van der Waals surface area contributed by atoms with Gasteiger partial charge in [0, 0.05) is 18.6 Å². The number of para-hydroxylation sites is 2. The molecule has 0 radical (unpaired) electrons. The molecule has 0 aliphatic rings. The number of rotatable bonds is 7. The molecule has 0 spiro atoms. The van der Waals surface area contributed by atoms with Gasteiger partial charge in [-0.1, -0.05) is 18.2 Å². The van der Waals surface area contributed by atoms with Crippen LogP contribution >= 0.6 is 0 Å². The van der Waals surface area contributed by atoms with Crippen LogP contribution in [0.15, 0.2) is 61.1 Å². The Labute approximate surface area is 151 Å². The van der Waals surface area contributed by atoms with E-state index in [1.165, 1.54) is 12.4 Å². The molecule has 2 aromatic heterocycles. The maximum absolute atomic E-state index is 12.2. The molecule has 0 saturated heterocycles. The lowest BCUT2D eigenvalue weighted by molar-refractivity contribution is 0.0949. The zero-order valence-corrected chi connectivity index (χ0v) is 14.3. The van der Waals surface area contributed by atoms with Crippen LogP contribution in [-0.2, 0) is 6.54 Å². The van der Waals surface area contributed by atoms with Crippen LogP contribution in [0.3, 0.4) is 0 Å².